The Morgan fingerprint density at radius 3 is 2.15 bits per heavy atom. The van der Waals surface area contributed by atoms with Crippen LogP contribution in [0.2, 0.25) is 0 Å². The molecule has 142 valence electrons. The molecule has 1 aromatic rings. The molecule has 1 fully saturated rings. The molecule has 26 heavy (non-hydrogen) atoms. The van der Waals surface area contributed by atoms with Crippen molar-refractivity contribution in [2.24, 2.45) is 17.3 Å². The molecule has 1 aliphatic rings. The third kappa shape index (κ3) is 3.67. The lowest BCUT2D eigenvalue weighted by Crippen LogP contribution is -2.39. The van der Waals surface area contributed by atoms with Crippen LogP contribution in [0.3, 0.4) is 0 Å². The first-order chi connectivity index (χ1) is 12.2. The minimum atomic E-state index is -3.57. The molecule has 1 aliphatic carbocycles. The fraction of sp³-hybridized carbons (Fsp3) is 0.474. The monoisotopic (exact) mass is 380 g/mol. The highest BCUT2D eigenvalue weighted by Crippen LogP contribution is 2.48. The maximum Gasteiger partial charge on any atom is 0.323 e. The molecule has 0 aliphatic heterocycles. The summed E-state index contributed by atoms with van der Waals surface area (Å²) in [4.78, 5) is 24.8. The zero-order valence-corrected chi connectivity index (χ0v) is 16.0. The summed E-state index contributed by atoms with van der Waals surface area (Å²) in [6.45, 7) is 5.62. The Morgan fingerprint density at radius 2 is 1.69 bits per heavy atom. The Morgan fingerprint density at radius 1 is 1.15 bits per heavy atom. The summed E-state index contributed by atoms with van der Waals surface area (Å²) in [6, 6.07) is 6.60. The summed E-state index contributed by atoms with van der Waals surface area (Å²) in [6.07, 6.45) is 1.78. The van der Waals surface area contributed by atoms with Gasteiger partial charge < -0.3 is 9.47 Å². The van der Waals surface area contributed by atoms with Crippen LogP contribution in [0.1, 0.15) is 18.4 Å². The number of sulfone groups is 1. The summed E-state index contributed by atoms with van der Waals surface area (Å²) in [5.41, 5.74) is -0.528. The van der Waals surface area contributed by atoms with Gasteiger partial charge in [-0.15, -0.1) is 6.58 Å². The van der Waals surface area contributed by atoms with E-state index in [-0.39, 0.29) is 29.4 Å². The van der Waals surface area contributed by atoms with Crippen molar-refractivity contribution in [3.05, 3.63) is 42.5 Å². The molecule has 0 amide bonds. The summed E-state index contributed by atoms with van der Waals surface area (Å²) < 4.78 is 35.2. The predicted molar refractivity (Wildman–Crippen MR) is 96.1 cm³/mol. The molecule has 1 saturated carbocycles. The standard InChI is InChI=1S/C19H24O6S/c1-5-14-10-19(17(20)24-3,18(21)25-4)11-15(14)12-26(22,23)16-8-6-13(2)7-9-16/h5-9,14-15H,1,10-12H2,2-4H3. The third-order valence-electron chi connectivity index (χ3n) is 5.07. The summed E-state index contributed by atoms with van der Waals surface area (Å²) >= 11 is 0. The van der Waals surface area contributed by atoms with Gasteiger partial charge in [-0.3, -0.25) is 9.59 Å². The second-order valence-electron chi connectivity index (χ2n) is 6.73. The number of carbonyl (C=O) groups excluding carboxylic acids is 2. The van der Waals surface area contributed by atoms with Crippen molar-refractivity contribution >= 4 is 21.8 Å². The Balaban J connectivity index is 2.34. The second-order valence-corrected chi connectivity index (χ2v) is 8.76. The van der Waals surface area contributed by atoms with Crippen LogP contribution in [0, 0.1) is 24.2 Å². The van der Waals surface area contributed by atoms with Gasteiger partial charge in [0.25, 0.3) is 0 Å². The molecular formula is C19H24O6S. The van der Waals surface area contributed by atoms with Crippen molar-refractivity contribution in [2.45, 2.75) is 24.7 Å². The minimum absolute atomic E-state index is 0.0497. The third-order valence-corrected chi connectivity index (χ3v) is 6.93. The lowest BCUT2D eigenvalue weighted by atomic mass is 9.85. The van der Waals surface area contributed by atoms with Gasteiger partial charge in [0.05, 0.1) is 24.9 Å². The van der Waals surface area contributed by atoms with Crippen molar-refractivity contribution in [3.8, 4) is 0 Å². The molecule has 0 saturated heterocycles. The summed E-state index contributed by atoms with van der Waals surface area (Å²) in [5.74, 6) is -2.33. The van der Waals surface area contributed by atoms with Crippen molar-refractivity contribution < 1.29 is 27.5 Å². The molecule has 0 bridgehead atoms. The van der Waals surface area contributed by atoms with E-state index in [0.717, 1.165) is 5.56 Å². The van der Waals surface area contributed by atoms with Gasteiger partial charge in [0, 0.05) is 0 Å². The second kappa shape index (κ2) is 7.61. The van der Waals surface area contributed by atoms with Crippen LogP contribution in [0.15, 0.2) is 41.8 Å². The smallest absolute Gasteiger partial charge is 0.323 e. The summed E-state index contributed by atoms with van der Waals surface area (Å²) in [5, 5.41) is 0. The Labute approximate surface area is 154 Å². The number of rotatable bonds is 6. The number of ether oxygens (including phenoxy) is 2. The number of hydrogen-bond donors (Lipinski definition) is 0. The molecule has 1 aromatic carbocycles. The van der Waals surface area contributed by atoms with Gasteiger partial charge in [-0.1, -0.05) is 23.8 Å². The normalized spacial score (nSPS) is 21.8. The number of benzene rings is 1. The quantitative estimate of drug-likeness (QED) is 0.428. The van der Waals surface area contributed by atoms with E-state index in [9.17, 15) is 18.0 Å². The van der Waals surface area contributed by atoms with Gasteiger partial charge in [-0.25, -0.2) is 8.42 Å². The van der Waals surface area contributed by atoms with Crippen molar-refractivity contribution in [3.63, 3.8) is 0 Å². The van der Waals surface area contributed by atoms with E-state index in [4.69, 9.17) is 9.47 Å². The number of carbonyl (C=O) groups is 2. The molecule has 6 nitrogen and oxygen atoms in total. The van der Waals surface area contributed by atoms with Crippen LogP contribution in [0.4, 0.5) is 0 Å². The van der Waals surface area contributed by atoms with E-state index >= 15 is 0 Å². The minimum Gasteiger partial charge on any atom is -0.468 e. The van der Waals surface area contributed by atoms with Crippen LogP contribution in [0.25, 0.3) is 0 Å². The number of hydrogen-bond acceptors (Lipinski definition) is 6. The number of aryl methyl sites for hydroxylation is 1. The first-order valence-electron chi connectivity index (χ1n) is 8.29. The zero-order chi connectivity index (χ0) is 19.5. The fourth-order valence-corrected chi connectivity index (χ4v) is 5.31. The number of methoxy groups -OCH3 is 2. The first kappa shape index (κ1) is 20.2. The van der Waals surface area contributed by atoms with E-state index in [1.165, 1.54) is 14.2 Å². The van der Waals surface area contributed by atoms with Gasteiger partial charge >= 0.3 is 11.9 Å². The highest BCUT2D eigenvalue weighted by atomic mass is 32.2. The first-order valence-corrected chi connectivity index (χ1v) is 9.94. The van der Waals surface area contributed by atoms with E-state index < -0.39 is 33.1 Å². The largest absolute Gasteiger partial charge is 0.468 e. The topological polar surface area (TPSA) is 86.7 Å². The lowest BCUT2D eigenvalue weighted by Gasteiger charge is -2.23. The molecule has 0 N–H and O–H groups in total. The van der Waals surface area contributed by atoms with Gasteiger partial charge in [0.1, 0.15) is 0 Å². The predicted octanol–water partition coefficient (Wildman–Crippen LogP) is 2.31. The fourth-order valence-electron chi connectivity index (χ4n) is 3.64. The highest BCUT2D eigenvalue weighted by Gasteiger charge is 2.57. The van der Waals surface area contributed by atoms with Crippen LogP contribution >= 0.6 is 0 Å². The van der Waals surface area contributed by atoms with Crippen LogP contribution in [0.5, 0.6) is 0 Å². The van der Waals surface area contributed by atoms with Gasteiger partial charge in [-0.2, -0.15) is 0 Å². The average Bonchev–Trinajstić information content (AvgIpc) is 2.99. The number of esters is 2. The van der Waals surface area contributed by atoms with Crippen molar-refractivity contribution in [1.29, 1.82) is 0 Å². The summed E-state index contributed by atoms with van der Waals surface area (Å²) in [7, 11) is -1.17. The van der Waals surface area contributed by atoms with Crippen molar-refractivity contribution in [2.75, 3.05) is 20.0 Å². The maximum atomic E-state index is 12.8. The van der Waals surface area contributed by atoms with Crippen molar-refractivity contribution in [1.82, 2.24) is 0 Å². The van der Waals surface area contributed by atoms with E-state index in [1.807, 2.05) is 6.92 Å². The SMILES string of the molecule is C=CC1CC(C(=O)OC)(C(=O)OC)CC1CS(=O)(=O)c1ccc(C)cc1. The average molecular weight is 380 g/mol. The number of allylic oxidation sites excluding steroid dienone is 1. The maximum absolute atomic E-state index is 12.8. The van der Waals surface area contributed by atoms with Crippen LogP contribution in [-0.2, 0) is 28.9 Å². The molecule has 0 radical (unpaired) electrons. The molecule has 0 heterocycles. The molecule has 7 heteroatoms. The Bertz CT molecular complexity index is 778. The zero-order valence-electron chi connectivity index (χ0n) is 15.2. The van der Waals surface area contributed by atoms with E-state index in [0.29, 0.717) is 0 Å². The van der Waals surface area contributed by atoms with Gasteiger partial charge in [0.2, 0.25) is 0 Å². The molecule has 0 spiro atoms. The highest BCUT2D eigenvalue weighted by molar-refractivity contribution is 7.91. The Kier molecular flexibility index (Phi) is 5.91. The molecular weight excluding hydrogens is 356 g/mol. The Hall–Kier alpha value is -2.15. The molecule has 0 aromatic heterocycles. The molecule has 2 rings (SSSR count). The van der Waals surface area contributed by atoms with E-state index in [1.54, 1.807) is 30.3 Å². The molecule has 2 atom stereocenters. The van der Waals surface area contributed by atoms with Gasteiger partial charge in [-0.05, 0) is 43.7 Å². The van der Waals surface area contributed by atoms with Crippen LogP contribution < -0.4 is 0 Å². The van der Waals surface area contributed by atoms with E-state index in [2.05, 4.69) is 6.58 Å². The van der Waals surface area contributed by atoms with Crippen LogP contribution in [-0.4, -0.2) is 40.3 Å². The lowest BCUT2D eigenvalue weighted by molar-refractivity contribution is -0.169. The molecule has 2 unspecified atom stereocenters. The van der Waals surface area contributed by atoms with Gasteiger partial charge in [0.15, 0.2) is 15.3 Å².